The third-order valence-corrected chi connectivity index (χ3v) is 5.36. The Labute approximate surface area is 134 Å². The van der Waals surface area contributed by atoms with Crippen LogP contribution in [0.25, 0.3) is 0 Å². The highest BCUT2D eigenvalue weighted by molar-refractivity contribution is 5.14. The van der Waals surface area contributed by atoms with Crippen LogP contribution in [-0.2, 0) is 4.74 Å². The van der Waals surface area contributed by atoms with Crippen LogP contribution in [0.1, 0.15) is 62.3 Å². The number of rotatable bonds is 5. The lowest BCUT2D eigenvalue weighted by molar-refractivity contribution is 0.0775. The number of aromatic nitrogens is 2. The smallest absolute Gasteiger partial charge is 0.0646 e. The minimum atomic E-state index is 0.633. The molecule has 2 heterocycles. The normalized spacial score (nSPS) is 27.0. The van der Waals surface area contributed by atoms with Crippen molar-refractivity contribution in [1.82, 2.24) is 15.3 Å². The van der Waals surface area contributed by atoms with Gasteiger partial charge in [0, 0.05) is 37.6 Å². The number of hydrogen-bond donors (Lipinski definition) is 1. The Balaban J connectivity index is 1.37. The van der Waals surface area contributed by atoms with Gasteiger partial charge in [0.1, 0.15) is 0 Å². The van der Waals surface area contributed by atoms with Crippen LogP contribution in [0.3, 0.4) is 0 Å². The van der Waals surface area contributed by atoms with Gasteiger partial charge in [-0.1, -0.05) is 0 Å². The van der Waals surface area contributed by atoms with E-state index in [2.05, 4.69) is 22.2 Å². The summed E-state index contributed by atoms with van der Waals surface area (Å²) in [5.41, 5.74) is 2.36. The Bertz CT molecular complexity index is 451. The topological polar surface area (TPSA) is 47.0 Å². The number of hydrogen-bond acceptors (Lipinski definition) is 4. The van der Waals surface area contributed by atoms with Crippen LogP contribution >= 0.6 is 0 Å². The maximum atomic E-state index is 5.41. The summed E-state index contributed by atoms with van der Waals surface area (Å²) in [6, 6.07) is 0.687. The molecule has 4 nitrogen and oxygen atoms in total. The molecule has 1 aromatic rings. The summed E-state index contributed by atoms with van der Waals surface area (Å²) in [6.07, 6.45) is 12.6. The summed E-state index contributed by atoms with van der Waals surface area (Å²) >= 11 is 0. The van der Waals surface area contributed by atoms with Crippen molar-refractivity contribution in [2.75, 3.05) is 19.8 Å². The first-order valence-corrected chi connectivity index (χ1v) is 8.91. The quantitative estimate of drug-likeness (QED) is 0.907. The molecule has 1 N–H and O–H groups in total. The summed E-state index contributed by atoms with van der Waals surface area (Å²) in [5.74, 6) is 1.52. The molecule has 0 atom stereocenters. The van der Waals surface area contributed by atoms with Crippen molar-refractivity contribution in [3.63, 3.8) is 0 Å². The molecule has 0 bridgehead atoms. The molecule has 0 spiro atoms. The molecule has 22 heavy (non-hydrogen) atoms. The fourth-order valence-corrected chi connectivity index (χ4v) is 3.94. The molecular weight excluding hydrogens is 274 g/mol. The van der Waals surface area contributed by atoms with Crippen LogP contribution in [0.5, 0.6) is 0 Å². The van der Waals surface area contributed by atoms with Crippen molar-refractivity contribution < 1.29 is 4.74 Å². The first-order chi connectivity index (χ1) is 10.8. The highest BCUT2D eigenvalue weighted by atomic mass is 16.5. The molecule has 0 radical (unpaired) electrons. The molecule has 1 aromatic heterocycles. The van der Waals surface area contributed by atoms with E-state index in [4.69, 9.17) is 4.74 Å². The van der Waals surface area contributed by atoms with Gasteiger partial charge >= 0.3 is 0 Å². The lowest BCUT2D eigenvalue weighted by atomic mass is 9.78. The highest BCUT2D eigenvalue weighted by Gasteiger charge is 2.24. The van der Waals surface area contributed by atoms with E-state index >= 15 is 0 Å². The van der Waals surface area contributed by atoms with Crippen LogP contribution in [-0.4, -0.2) is 35.8 Å². The van der Waals surface area contributed by atoms with Gasteiger partial charge in [0.25, 0.3) is 0 Å². The zero-order valence-corrected chi connectivity index (χ0v) is 13.8. The Kier molecular flexibility index (Phi) is 5.79. The molecule has 0 unspecified atom stereocenters. The number of nitrogens with zero attached hydrogens (tertiary/aromatic N) is 2. The minimum Gasteiger partial charge on any atom is -0.381 e. The minimum absolute atomic E-state index is 0.633. The van der Waals surface area contributed by atoms with E-state index in [1.165, 1.54) is 57.2 Å². The second-order valence-electron chi connectivity index (χ2n) is 6.87. The first-order valence-electron chi connectivity index (χ1n) is 8.91. The zero-order valence-electron chi connectivity index (χ0n) is 13.8. The third kappa shape index (κ3) is 4.26. The second-order valence-corrected chi connectivity index (χ2v) is 6.87. The van der Waals surface area contributed by atoms with E-state index in [0.717, 1.165) is 24.8 Å². The molecule has 4 heteroatoms. The summed E-state index contributed by atoms with van der Waals surface area (Å²) in [4.78, 5) is 8.96. The van der Waals surface area contributed by atoms with Gasteiger partial charge in [-0.15, -0.1) is 0 Å². The van der Waals surface area contributed by atoms with Crippen LogP contribution in [0.4, 0.5) is 0 Å². The molecule has 1 aliphatic heterocycles. The molecule has 3 rings (SSSR count). The number of aryl methyl sites for hydroxylation is 1. The van der Waals surface area contributed by atoms with E-state index in [0.29, 0.717) is 12.0 Å². The summed E-state index contributed by atoms with van der Waals surface area (Å²) < 4.78 is 5.41. The van der Waals surface area contributed by atoms with Gasteiger partial charge in [0.15, 0.2) is 0 Å². The maximum absolute atomic E-state index is 5.41. The second kappa shape index (κ2) is 8.02. The van der Waals surface area contributed by atoms with Crippen LogP contribution in [0.15, 0.2) is 12.4 Å². The van der Waals surface area contributed by atoms with Crippen LogP contribution in [0, 0.1) is 12.8 Å². The molecule has 0 aromatic carbocycles. The van der Waals surface area contributed by atoms with E-state index in [-0.39, 0.29) is 0 Å². The van der Waals surface area contributed by atoms with Gasteiger partial charge in [-0.05, 0) is 64.3 Å². The van der Waals surface area contributed by atoms with Gasteiger partial charge in [-0.2, -0.15) is 0 Å². The van der Waals surface area contributed by atoms with E-state index < -0.39 is 0 Å². The fraction of sp³-hybridized carbons (Fsp3) is 0.778. The standard InChI is InChI=1S/C18H29N3O/c1-14-18(21-11-10-19-14)16-4-2-15(3-5-16)6-9-20-17-7-12-22-13-8-17/h10-11,15-17,20H,2-9,12-13H2,1H3/t15-,16-. The van der Waals surface area contributed by atoms with Crippen molar-refractivity contribution in [3.05, 3.63) is 23.8 Å². The van der Waals surface area contributed by atoms with Gasteiger partial charge in [0.2, 0.25) is 0 Å². The highest BCUT2D eigenvalue weighted by Crippen LogP contribution is 2.36. The van der Waals surface area contributed by atoms with Crippen molar-refractivity contribution in [3.8, 4) is 0 Å². The van der Waals surface area contributed by atoms with E-state index in [1.807, 2.05) is 6.20 Å². The van der Waals surface area contributed by atoms with Crippen molar-refractivity contribution >= 4 is 0 Å². The lowest BCUT2D eigenvalue weighted by Crippen LogP contribution is -2.36. The number of ether oxygens (including phenoxy) is 1. The van der Waals surface area contributed by atoms with E-state index in [1.54, 1.807) is 6.20 Å². The van der Waals surface area contributed by atoms with Gasteiger partial charge in [-0.25, -0.2) is 0 Å². The molecule has 2 aliphatic rings. The summed E-state index contributed by atoms with van der Waals surface area (Å²) in [6.45, 7) is 5.12. The molecule has 2 fully saturated rings. The molecule has 122 valence electrons. The zero-order chi connectivity index (χ0) is 15.2. The van der Waals surface area contributed by atoms with Crippen LogP contribution < -0.4 is 5.32 Å². The third-order valence-electron chi connectivity index (χ3n) is 5.36. The Morgan fingerprint density at radius 3 is 2.50 bits per heavy atom. The molecular formula is C18H29N3O. The SMILES string of the molecule is Cc1nccnc1[C@H]1CC[C@H](CCNC2CCOCC2)CC1. The Morgan fingerprint density at radius 2 is 1.77 bits per heavy atom. The van der Waals surface area contributed by atoms with Gasteiger partial charge in [-0.3, -0.25) is 9.97 Å². The molecule has 1 saturated heterocycles. The predicted octanol–water partition coefficient (Wildman–Crippen LogP) is 3.22. The number of nitrogens with one attached hydrogen (secondary N) is 1. The fourth-order valence-electron chi connectivity index (χ4n) is 3.94. The molecule has 0 amide bonds. The van der Waals surface area contributed by atoms with Crippen molar-refractivity contribution in [2.45, 2.75) is 63.8 Å². The van der Waals surface area contributed by atoms with Crippen LogP contribution in [0.2, 0.25) is 0 Å². The summed E-state index contributed by atoms with van der Waals surface area (Å²) in [5, 5.41) is 3.72. The Hall–Kier alpha value is -1.00. The monoisotopic (exact) mass is 303 g/mol. The first kappa shape index (κ1) is 15.9. The van der Waals surface area contributed by atoms with Gasteiger partial charge in [0.05, 0.1) is 11.4 Å². The average Bonchev–Trinajstić information content (AvgIpc) is 2.57. The van der Waals surface area contributed by atoms with Crippen molar-refractivity contribution in [2.24, 2.45) is 5.92 Å². The average molecular weight is 303 g/mol. The maximum Gasteiger partial charge on any atom is 0.0646 e. The molecule has 1 saturated carbocycles. The molecule has 1 aliphatic carbocycles. The Morgan fingerprint density at radius 1 is 1.05 bits per heavy atom. The van der Waals surface area contributed by atoms with Crippen molar-refractivity contribution in [1.29, 1.82) is 0 Å². The van der Waals surface area contributed by atoms with Gasteiger partial charge < -0.3 is 10.1 Å². The summed E-state index contributed by atoms with van der Waals surface area (Å²) in [7, 11) is 0. The largest absolute Gasteiger partial charge is 0.381 e. The lowest BCUT2D eigenvalue weighted by Gasteiger charge is -2.29. The predicted molar refractivity (Wildman–Crippen MR) is 87.9 cm³/mol. The van der Waals surface area contributed by atoms with E-state index in [9.17, 15) is 0 Å².